The van der Waals surface area contributed by atoms with Gasteiger partial charge in [0.25, 0.3) is 0 Å². The van der Waals surface area contributed by atoms with Crippen molar-refractivity contribution >= 4 is 0 Å². The third-order valence-electron chi connectivity index (χ3n) is 4.05. The highest BCUT2D eigenvalue weighted by Crippen LogP contribution is 2.18. The number of nitrogens with zero attached hydrogens (tertiary/aromatic N) is 1. The van der Waals surface area contributed by atoms with Crippen molar-refractivity contribution in [1.82, 2.24) is 15.2 Å². The molecule has 4 heteroatoms. The van der Waals surface area contributed by atoms with E-state index in [2.05, 4.69) is 39.5 Å². The molecule has 1 aromatic heterocycles. The van der Waals surface area contributed by atoms with E-state index in [0.717, 1.165) is 32.6 Å². The number of aliphatic hydroxyl groups excluding tert-OH is 1. The van der Waals surface area contributed by atoms with Crippen LogP contribution in [-0.4, -0.2) is 40.7 Å². The number of aromatic nitrogens is 1. The molecule has 1 unspecified atom stereocenters. The molecule has 0 bridgehead atoms. The molecule has 3 rings (SSSR count). The van der Waals surface area contributed by atoms with E-state index in [1.165, 1.54) is 16.7 Å². The number of fused-ring (bicyclic) bond motifs is 1. The summed E-state index contributed by atoms with van der Waals surface area (Å²) < 4.78 is 0. The fourth-order valence-electron chi connectivity index (χ4n) is 2.92. The first-order chi connectivity index (χ1) is 10.3. The van der Waals surface area contributed by atoms with Crippen LogP contribution >= 0.6 is 0 Å². The fourth-order valence-corrected chi connectivity index (χ4v) is 2.92. The first kappa shape index (κ1) is 14.3. The second-order valence-corrected chi connectivity index (χ2v) is 5.76. The molecule has 2 aromatic rings. The Bertz CT molecular complexity index is 553. The van der Waals surface area contributed by atoms with Gasteiger partial charge in [0.15, 0.2) is 0 Å². The lowest BCUT2D eigenvalue weighted by atomic mass is 10.00. The van der Waals surface area contributed by atoms with Crippen LogP contribution in [0.2, 0.25) is 0 Å². The molecule has 0 radical (unpaired) electrons. The molecule has 1 atom stereocenters. The quantitative estimate of drug-likeness (QED) is 0.754. The van der Waals surface area contributed by atoms with Crippen molar-refractivity contribution in [2.24, 2.45) is 0 Å². The molecule has 112 valence electrons. The Kier molecular flexibility index (Phi) is 4.70. The predicted octanol–water partition coefficient (Wildman–Crippen LogP) is 1.52. The fraction of sp³-hybridized carbons (Fsp3) is 0.412. The van der Waals surface area contributed by atoms with E-state index in [0.29, 0.717) is 6.54 Å². The Balaban J connectivity index is 1.42. The van der Waals surface area contributed by atoms with Gasteiger partial charge in [-0.25, -0.2) is 0 Å². The van der Waals surface area contributed by atoms with E-state index >= 15 is 0 Å². The van der Waals surface area contributed by atoms with Gasteiger partial charge in [-0.05, 0) is 29.2 Å². The van der Waals surface area contributed by atoms with Crippen molar-refractivity contribution in [2.45, 2.75) is 25.6 Å². The van der Waals surface area contributed by atoms with E-state index in [-0.39, 0.29) is 6.10 Å². The van der Waals surface area contributed by atoms with Gasteiger partial charge in [-0.15, -0.1) is 0 Å². The van der Waals surface area contributed by atoms with Crippen molar-refractivity contribution in [2.75, 3.05) is 19.6 Å². The molecule has 3 N–H and O–H groups in total. The summed E-state index contributed by atoms with van der Waals surface area (Å²) >= 11 is 0. The van der Waals surface area contributed by atoms with Crippen LogP contribution in [0.3, 0.4) is 0 Å². The summed E-state index contributed by atoms with van der Waals surface area (Å²) in [6, 6.07) is 10.6. The van der Waals surface area contributed by atoms with Crippen LogP contribution < -0.4 is 5.32 Å². The van der Waals surface area contributed by atoms with Crippen molar-refractivity contribution in [1.29, 1.82) is 0 Å². The van der Waals surface area contributed by atoms with E-state index < -0.39 is 0 Å². The average molecular weight is 285 g/mol. The number of H-pyrrole nitrogens is 1. The van der Waals surface area contributed by atoms with Gasteiger partial charge in [0, 0.05) is 45.1 Å². The van der Waals surface area contributed by atoms with Gasteiger partial charge in [0.1, 0.15) is 0 Å². The number of hydrogen-bond donors (Lipinski definition) is 3. The van der Waals surface area contributed by atoms with Crippen LogP contribution in [0.1, 0.15) is 16.7 Å². The molecule has 1 aliphatic rings. The molecule has 0 fully saturated rings. The Morgan fingerprint density at radius 3 is 2.90 bits per heavy atom. The molecule has 0 saturated carbocycles. The monoisotopic (exact) mass is 285 g/mol. The third-order valence-corrected chi connectivity index (χ3v) is 4.05. The minimum Gasteiger partial charge on any atom is -0.390 e. The van der Waals surface area contributed by atoms with Gasteiger partial charge >= 0.3 is 0 Å². The molecule has 1 aliphatic heterocycles. The van der Waals surface area contributed by atoms with Crippen LogP contribution in [-0.2, 0) is 19.5 Å². The molecular weight excluding hydrogens is 262 g/mol. The number of aliphatic hydroxyl groups is 1. The van der Waals surface area contributed by atoms with E-state index in [1.807, 2.05) is 18.5 Å². The SMILES string of the molecule is OC(CNCc1cc[nH]c1)CN1CCc2ccccc2C1. The molecule has 4 nitrogen and oxygen atoms in total. The normalized spacial score (nSPS) is 16.6. The minimum absolute atomic E-state index is 0.325. The summed E-state index contributed by atoms with van der Waals surface area (Å²) in [5, 5.41) is 13.5. The maximum absolute atomic E-state index is 10.2. The van der Waals surface area contributed by atoms with E-state index in [1.54, 1.807) is 0 Å². The summed E-state index contributed by atoms with van der Waals surface area (Å²) in [7, 11) is 0. The summed E-state index contributed by atoms with van der Waals surface area (Å²) in [5.74, 6) is 0. The largest absolute Gasteiger partial charge is 0.390 e. The smallest absolute Gasteiger partial charge is 0.0791 e. The number of aromatic amines is 1. The molecule has 0 spiro atoms. The van der Waals surface area contributed by atoms with Crippen LogP contribution in [0.15, 0.2) is 42.7 Å². The zero-order chi connectivity index (χ0) is 14.5. The maximum atomic E-state index is 10.2. The first-order valence-electron chi connectivity index (χ1n) is 7.61. The van der Waals surface area contributed by atoms with Crippen LogP contribution in [0.4, 0.5) is 0 Å². The summed E-state index contributed by atoms with van der Waals surface area (Å²) in [5.41, 5.74) is 4.07. The lowest BCUT2D eigenvalue weighted by Crippen LogP contribution is -2.40. The zero-order valence-electron chi connectivity index (χ0n) is 12.3. The van der Waals surface area contributed by atoms with Gasteiger partial charge in [-0.2, -0.15) is 0 Å². The number of nitrogens with one attached hydrogen (secondary N) is 2. The van der Waals surface area contributed by atoms with Gasteiger partial charge in [0.05, 0.1) is 6.10 Å². The highest BCUT2D eigenvalue weighted by atomic mass is 16.3. The van der Waals surface area contributed by atoms with E-state index in [4.69, 9.17) is 0 Å². The maximum Gasteiger partial charge on any atom is 0.0791 e. The molecular formula is C17H23N3O. The van der Waals surface area contributed by atoms with Gasteiger partial charge < -0.3 is 15.4 Å². The van der Waals surface area contributed by atoms with Crippen molar-refractivity contribution in [3.8, 4) is 0 Å². The second kappa shape index (κ2) is 6.89. The van der Waals surface area contributed by atoms with Crippen molar-refractivity contribution < 1.29 is 5.11 Å². The molecule has 1 aromatic carbocycles. The first-order valence-corrected chi connectivity index (χ1v) is 7.61. The molecule has 0 aliphatic carbocycles. The van der Waals surface area contributed by atoms with E-state index in [9.17, 15) is 5.11 Å². The standard InChI is InChI=1S/C17H23N3O/c21-17(11-19-10-14-5-7-18-9-14)13-20-8-6-15-3-1-2-4-16(15)12-20/h1-5,7,9,17-19,21H,6,8,10-13H2. The highest BCUT2D eigenvalue weighted by molar-refractivity contribution is 5.29. The van der Waals surface area contributed by atoms with Crippen LogP contribution in [0.25, 0.3) is 0 Å². The molecule has 0 amide bonds. The summed E-state index contributed by atoms with van der Waals surface area (Å²) in [4.78, 5) is 5.37. The summed E-state index contributed by atoms with van der Waals surface area (Å²) in [6.45, 7) is 4.14. The topological polar surface area (TPSA) is 51.3 Å². The van der Waals surface area contributed by atoms with Gasteiger partial charge in [-0.3, -0.25) is 4.90 Å². The number of β-amino-alcohol motifs (C(OH)–C–C–N with tert-alkyl or cyclic N) is 1. The Morgan fingerprint density at radius 2 is 2.10 bits per heavy atom. The number of rotatable bonds is 6. The zero-order valence-corrected chi connectivity index (χ0v) is 12.3. The molecule has 0 saturated heterocycles. The Hall–Kier alpha value is -1.62. The number of hydrogen-bond acceptors (Lipinski definition) is 3. The average Bonchev–Trinajstić information content (AvgIpc) is 3.00. The third kappa shape index (κ3) is 3.94. The second-order valence-electron chi connectivity index (χ2n) is 5.76. The lowest BCUT2D eigenvalue weighted by Gasteiger charge is -2.30. The van der Waals surface area contributed by atoms with Gasteiger partial charge in [-0.1, -0.05) is 24.3 Å². The number of benzene rings is 1. The lowest BCUT2D eigenvalue weighted by molar-refractivity contribution is 0.104. The Labute approximate surface area is 125 Å². The minimum atomic E-state index is -0.325. The van der Waals surface area contributed by atoms with Crippen molar-refractivity contribution in [3.05, 3.63) is 59.4 Å². The van der Waals surface area contributed by atoms with Gasteiger partial charge in [0.2, 0.25) is 0 Å². The molecule has 21 heavy (non-hydrogen) atoms. The summed E-state index contributed by atoms with van der Waals surface area (Å²) in [6.07, 6.45) is 4.65. The Morgan fingerprint density at radius 1 is 1.24 bits per heavy atom. The predicted molar refractivity (Wildman–Crippen MR) is 83.9 cm³/mol. The van der Waals surface area contributed by atoms with Crippen LogP contribution in [0, 0.1) is 0 Å². The van der Waals surface area contributed by atoms with Crippen LogP contribution in [0.5, 0.6) is 0 Å². The van der Waals surface area contributed by atoms with Crippen molar-refractivity contribution in [3.63, 3.8) is 0 Å². The molecule has 2 heterocycles. The highest BCUT2D eigenvalue weighted by Gasteiger charge is 2.18.